The third-order valence-electron chi connectivity index (χ3n) is 9.96. The van der Waals surface area contributed by atoms with E-state index in [0.717, 1.165) is 34.4 Å². The number of hydrogen-bond donors (Lipinski definition) is 0. The molecule has 0 amide bonds. The van der Waals surface area contributed by atoms with Gasteiger partial charge in [0, 0.05) is 61.2 Å². The van der Waals surface area contributed by atoms with Crippen LogP contribution in [0.2, 0.25) is 0 Å². The van der Waals surface area contributed by atoms with Gasteiger partial charge >= 0.3 is 0 Å². The fraction of sp³-hybridized carbons (Fsp3) is 0.0800. The van der Waals surface area contributed by atoms with Crippen LogP contribution in [0.25, 0.3) is 41.8 Å². The summed E-state index contributed by atoms with van der Waals surface area (Å²) in [6.07, 6.45) is 7.44. The second kappa shape index (κ2) is 15.5. The van der Waals surface area contributed by atoms with Crippen LogP contribution in [0.1, 0.15) is 20.8 Å². The van der Waals surface area contributed by atoms with Gasteiger partial charge in [0.1, 0.15) is 11.6 Å². The predicted molar refractivity (Wildman–Crippen MR) is 242 cm³/mol. The second-order valence-electron chi connectivity index (χ2n) is 14.8. The maximum absolute atomic E-state index is 4.38. The van der Waals surface area contributed by atoms with Crippen LogP contribution >= 0.6 is 22.7 Å². The molecular weight excluding hydrogens is 735 g/mol. The Morgan fingerprint density at radius 3 is 1.02 bits per heavy atom. The molecule has 7 heteroatoms. The number of anilines is 6. The number of rotatable bonds is 10. The standard InChI is InChI=1S/C50H41N5S2/c1-50(2,3)55-48(53(42-28-32-51-33-29-42)40-18-14-38(15-19-40)46-24-22-44(56-46)36-10-6-4-7-11-36)26-27-49(55)54(43-30-34-52-35-31-43)41-20-16-39(17-21-41)47-25-23-45(57-47)37-12-8-5-9-13-37/h4-35H,1-3H3. The Labute approximate surface area is 342 Å². The van der Waals surface area contributed by atoms with E-state index < -0.39 is 0 Å². The van der Waals surface area contributed by atoms with Crippen molar-refractivity contribution in [3.63, 3.8) is 0 Å². The lowest BCUT2D eigenvalue weighted by Gasteiger charge is -2.36. The fourth-order valence-electron chi connectivity index (χ4n) is 7.32. The molecule has 0 unspecified atom stereocenters. The van der Waals surface area contributed by atoms with Gasteiger partial charge in [-0.1, -0.05) is 84.9 Å². The number of thiophene rings is 2. The zero-order valence-corrected chi connectivity index (χ0v) is 33.7. The minimum atomic E-state index is -0.305. The van der Waals surface area contributed by atoms with Crippen molar-refractivity contribution in [2.45, 2.75) is 26.3 Å². The Balaban J connectivity index is 1.11. The molecular formula is C50H41N5S2. The smallest absolute Gasteiger partial charge is 0.119 e. The minimum Gasteiger partial charge on any atom is -0.308 e. The highest BCUT2D eigenvalue weighted by atomic mass is 32.1. The van der Waals surface area contributed by atoms with Crippen molar-refractivity contribution < 1.29 is 0 Å². The molecule has 0 aliphatic carbocycles. The number of nitrogens with zero attached hydrogens (tertiary/aromatic N) is 5. The van der Waals surface area contributed by atoms with Crippen molar-refractivity contribution in [3.05, 3.63) is 195 Å². The van der Waals surface area contributed by atoms with Crippen LogP contribution < -0.4 is 9.80 Å². The zero-order chi connectivity index (χ0) is 38.8. The lowest BCUT2D eigenvalue weighted by atomic mass is 10.1. The number of hydrogen-bond acceptors (Lipinski definition) is 6. The second-order valence-corrected chi connectivity index (χ2v) is 17.0. The highest BCUT2D eigenvalue weighted by Crippen LogP contribution is 2.46. The largest absolute Gasteiger partial charge is 0.308 e. The van der Waals surface area contributed by atoms with E-state index in [1.807, 2.05) is 47.5 Å². The first-order chi connectivity index (χ1) is 27.9. The van der Waals surface area contributed by atoms with E-state index in [9.17, 15) is 0 Å². The Bertz CT molecular complexity index is 2510. The molecule has 0 N–H and O–H groups in total. The molecule has 0 fully saturated rings. The number of benzene rings is 4. The summed E-state index contributed by atoms with van der Waals surface area (Å²) in [6, 6.07) is 60.7. The van der Waals surface area contributed by atoms with Gasteiger partial charge in [0.25, 0.3) is 0 Å². The molecule has 0 bridgehead atoms. The van der Waals surface area contributed by atoms with E-state index in [1.54, 1.807) is 0 Å². The fourth-order valence-corrected chi connectivity index (χ4v) is 9.35. The van der Waals surface area contributed by atoms with Crippen LogP contribution in [0.15, 0.2) is 195 Å². The summed E-state index contributed by atoms with van der Waals surface area (Å²) in [5, 5.41) is 0. The highest BCUT2D eigenvalue weighted by Gasteiger charge is 2.29. The summed E-state index contributed by atoms with van der Waals surface area (Å²) < 4.78 is 2.44. The van der Waals surface area contributed by atoms with E-state index >= 15 is 0 Å². The van der Waals surface area contributed by atoms with Gasteiger partial charge in [0.05, 0.1) is 11.4 Å². The van der Waals surface area contributed by atoms with Crippen LogP contribution in [0.3, 0.4) is 0 Å². The summed E-state index contributed by atoms with van der Waals surface area (Å²) >= 11 is 3.64. The van der Waals surface area contributed by atoms with Gasteiger partial charge in [-0.05, 0) is 128 Å². The molecule has 9 rings (SSSR count). The van der Waals surface area contributed by atoms with Crippen LogP contribution in [0.5, 0.6) is 0 Å². The Kier molecular flexibility index (Phi) is 9.85. The maximum Gasteiger partial charge on any atom is 0.119 e. The molecule has 5 nitrogen and oxygen atoms in total. The lowest BCUT2D eigenvalue weighted by Crippen LogP contribution is -2.29. The average Bonchev–Trinajstić information content (AvgIpc) is 4.05. The van der Waals surface area contributed by atoms with Crippen molar-refractivity contribution in [2.24, 2.45) is 0 Å². The van der Waals surface area contributed by atoms with E-state index in [-0.39, 0.29) is 5.54 Å². The molecule has 0 aliphatic rings. The van der Waals surface area contributed by atoms with Crippen molar-refractivity contribution in [1.82, 2.24) is 14.5 Å². The van der Waals surface area contributed by atoms with Gasteiger partial charge in [-0.2, -0.15) is 0 Å². The van der Waals surface area contributed by atoms with Gasteiger partial charge in [-0.15, -0.1) is 22.7 Å². The van der Waals surface area contributed by atoms with Crippen LogP contribution in [0, 0.1) is 0 Å². The Morgan fingerprint density at radius 1 is 0.368 bits per heavy atom. The normalized spacial score (nSPS) is 11.4. The summed E-state index contributed by atoms with van der Waals surface area (Å²) in [4.78, 5) is 18.4. The molecule has 5 aromatic heterocycles. The third-order valence-corrected chi connectivity index (χ3v) is 12.3. The van der Waals surface area contributed by atoms with Gasteiger partial charge in [0.2, 0.25) is 0 Å². The quantitative estimate of drug-likeness (QED) is 0.139. The SMILES string of the molecule is CC(C)(C)n1c(N(c2ccncc2)c2ccc(-c3ccc(-c4ccccc4)s3)cc2)ccc1N(c1ccncc1)c1ccc(-c2ccc(-c3ccccc3)s2)cc1. The predicted octanol–water partition coefficient (Wildman–Crippen LogP) is 14.8. The Hall–Kier alpha value is -6.54. The lowest BCUT2D eigenvalue weighted by molar-refractivity contribution is 0.405. The maximum atomic E-state index is 4.38. The summed E-state index contributed by atoms with van der Waals surface area (Å²) in [6.45, 7) is 6.80. The molecule has 5 heterocycles. The molecule has 0 saturated heterocycles. The van der Waals surface area contributed by atoms with Gasteiger partial charge in [0.15, 0.2) is 0 Å². The van der Waals surface area contributed by atoms with E-state index in [2.05, 4.69) is 215 Å². The van der Waals surface area contributed by atoms with Gasteiger partial charge in [-0.25, -0.2) is 0 Å². The Morgan fingerprint density at radius 2 is 0.684 bits per heavy atom. The molecule has 0 spiro atoms. The number of pyridine rings is 2. The molecule has 9 aromatic rings. The van der Waals surface area contributed by atoms with Gasteiger partial charge in [-0.3, -0.25) is 19.8 Å². The highest BCUT2D eigenvalue weighted by molar-refractivity contribution is 7.19. The molecule has 0 saturated carbocycles. The molecule has 0 atom stereocenters. The van der Waals surface area contributed by atoms with E-state index in [0.29, 0.717) is 0 Å². The molecule has 57 heavy (non-hydrogen) atoms. The van der Waals surface area contributed by atoms with Crippen molar-refractivity contribution in [2.75, 3.05) is 9.80 Å². The monoisotopic (exact) mass is 775 g/mol. The topological polar surface area (TPSA) is 37.2 Å². The van der Waals surface area contributed by atoms with Crippen LogP contribution in [0.4, 0.5) is 34.4 Å². The average molecular weight is 776 g/mol. The van der Waals surface area contributed by atoms with Crippen LogP contribution in [-0.4, -0.2) is 14.5 Å². The van der Waals surface area contributed by atoms with Crippen LogP contribution in [-0.2, 0) is 5.54 Å². The molecule has 4 aromatic carbocycles. The summed E-state index contributed by atoms with van der Waals surface area (Å²) in [7, 11) is 0. The first-order valence-electron chi connectivity index (χ1n) is 19.0. The first kappa shape index (κ1) is 36.1. The van der Waals surface area contributed by atoms with Gasteiger partial charge < -0.3 is 4.57 Å². The summed E-state index contributed by atoms with van der Waals surface area (Å²) in [5.41, 5.74) is 8.74. The third kappa shape index (κ3) is 7.43. The summed E-state index contributed by atoms with van der Waals surface area (Å²) in [5.74, 6) is 2.09. The van der Waals surface area contributed by atoms with Crippen molar-refractivity contribution in [3.8, 4) is 41.8 Å². The minimum absolute atomic E-state index is 0.305. The molecule has 0 radical (unpaired) electrons. The van der Waals surface area contributed by atoms with E-state index in [4.69, 9.17) is 0 Å². The molecule has 278 valence electrons. The molecule has 0 aliphatic heterocycles. The van der Waals surface area contributed by atoms with Crippen molar-refractivity contribution >= 4 is 57.1 Å². The van der Waals surface area contributed by atoms with E-state index in [1.165, 1.54) is 41.8 Å². The zero-order valence-electron chi connectivity index (χ0n) is 32.0. The first-order valence-corrected chi connectivity index (χ1v) is 20.7. The number of aromatic nitrogens is 3. The van der Waals surface area contributed by atoms with Crippen molar-refractivity contribution in [1.29, 1.82) is 0 Å².